The number of ether oxygens (including phenoxy) is 1. The fourth-order valence-corrected chi connectivity index (χ4v) is 1.55. The minimum absolute atomic E-state index is 0.0447. The molecule has 0 aliphatic heterocycles. The van der Waals surface area contributed by atoms with Crippen LogP contribution in [0.15, 0.2) is 24.3 Å². The zero-order valence-electron chi connectivity index (χ0n) is 11.0. The van der Waals surface area contributed by atoms with Gasteiger partial charge in [-0.1, -0.05) is 26.3 Å². The van der Waals surface area contributed by atoms with Crippen molar-refractivity contribution in [1.82, 2.24) is 5.32 Å². The molecule has 0 aliphatic rings. The number of carbonyl (C=O) groups is 1. The first kappa shape index (κ1) is 13.6. The van der Waals surface area contributed by atoms with Crippen LogP contribution in [0.2, 0.25) is 0 Å². The SMILES string of the molecule is CC[C@@H](C)[C@H](C)NC(=O)c1cccc(OC)c1. The molecule has 0 aliphatic carbocycles. The molecule has 1 aromatic carbocycles. The molecule has 0 radical (unpaired) electrons. The number of rotatable bonds is 5. The minimum atomic E-state index is -0.0447. The highest BCUT2D eigenvalue weighted by Crippen LogP contribution is 2.13. The molecular weight excluding hydrogens is 214 g/mol. The van der Waals surface area contributed by atoms with Crippen LogP contribution >= 0.6 is 0 Å². The number of hydrogen-bond acceptors (Lipinski definition) is 2. The Kier molecular flexibility index (Phi) is 5.01. The summed E-state index contributed by atoms with van der Waals surface area (Å²) < 4.78 is 5.10. The number of methoxy groups -OCH3 is 1. The van der Waals surface area contributed by atoms with E-state index >= 15 is 0 Å². The van der Waals surface area contributed by atoms with Crippen LogP contribution in [0.3, 0.4) is 0 Å². The maximum absolute atomic E-state index is 12.0. The zero-order valence-corrected chi connectivity index (χ0v) is 11.0. The van der Waals surface area contributed by atoms with Crippen molar-refractivity contribution >= 4 is 5.91 Å². The van der Waals surface area contributed by atoms with Crippen LogP contribution in [-0.2, 0) is 0 Å². The van der Waals surface area contributed by atoms with E-state index < -0.39 is 0 Å². The normalized spacial score (nSPS) is 13.9. The van der Waals surface area contributed by atoms with Gasteiger partial charge in [0.25, 0.3) is 5.91 Å². The lowest BCUT2D eigenvalue weighted by Gasteiger charge is -2.19. The Balaban J connectivity index is 2.69. The number of benzene rings is 1. The molecule has 3 heteroatoms. The average Bonchev–Trinajstić information content (AvgIpc) is 2.37. The lowest BCUT2D eigenvalue weighted by atomic mass is 10.0. The fraction of sp³-hybridized carbons (Fsp3) is 0.500. The van der Waals surface area contributed by atoms with Gasteiger partial charge in [0.2, 0.25) is 0 Å². The van der Waals surface area contributed by atoms with Gasteiger partial charge in [-0.3, -0.25) is 4.79 Å². The van der Waals surface area contributed by atoms with Crippen molar-refractivity contribution in [2.75, 3.05) is 7.11 Å². The summed E-state index contributed by atoms with van der Waals surface area (Å²) in [6, 6.07) is 7.37. The van der Waals surface area contributed by atoms with E-state index in [0.717, 1.165) is 6.42 Å². The van der Waals surface area contributed by atoms with Crippen molar-refractivity contribution in [3.63, 3.8) is 0 Å². The van der Waals surface area contributed by atoms with Crippen LogP contribution in [0.5, 0.6) is 5.75 Å². The van der Waals surface area contributed by atoms with Crippen LogP contribution in [0.25, 0.3) is 0 Å². The van der Waals surface area contributed by atoms with Crippen molar-refractivity contribution in [1.29, 1.82) is 0 Å². The van der Waals surface area contributed by atoms with E-state index in [4.69, 9.17) is 4.74 Å². The van der Waals surface area contributed by atoms with Crippen molar-refractivity contribution < 1.29 is 9.53 Å². The van der Waals surface area contributed by atoms with Crippen molar-refractivity contribution in [3.8, 4) is 5.75 Å². The summed E-state index contributed by atoms with van der Waals surface area (Å²) in [6.07, 6.45) is 1.06. The van der Waals surface area contributed by atoms with E-state index in [2.05, 4.69) is 19.2 Å². The van der Waals surface area contributed by atoms with E-state index in [1.54, 1.807) is 19.2 Å². The smallest absolute Gasteiger partial charge is 0.251 e. The molecule has 0 bridgehead atoms. The Hall–Kier alpha value is -1.51. The van der Waals surface area contributed by atoms with Crippen LogP contribution < -0.4 is 10.1 Å². The monoisotopic (exact) mass is 235 g/mol. The van der Waals surface area contributed by atoms with Gasteiger partial charge in [0.15, 0.2) is 0 Å². The first-order chi connectivity index (χ1) is 8.08. The second-order valence-electron chi connectivity index (χ2n) is 4.38. The number of nitrogens with one attached hydrogen (secondary N) is 1. The summed E-state index contributed by atoms with van der Waals surface area (Å²) in [6.45, 7) is 6.29. The Morgan fingerprint density at radius 1 is 1.41 bits per heavy atom. The molecule has 0 saturated heterocycles. The predicted octanol–water partition coefficient (Wildman–Crippen LogP) is 2.86. The summed E-state index contributed by atoms with van der Waals surface area (Å²) in [5, 5.41) is 3.00. The van der Waals surface area contributed by atoms with Gasteiger partial charge in [-0.2, -0.15) is 0 Å². The van der Waals surface area contributed by atoms with Crippen molar-refractivity contribution in [2.45, 2.75) is 33.2 Å². The summed E-state index contributed by atoms with van der Waals surface area (Å²) >= 11 is 0. The van der Waals surface area contributed by atoms with E-state index in [1.807, 2.05) is 19.1 Å². The highest BCUT2D eigenvalue weighted by atomic mass is 16.5. The van der Waals surface area contributed by atoms with Gasteiger partial charge in [0, 0.05) is 11.6 Å². The molecule has 0 heterocycles. The Bertz CT molecular complexity index is 376. The maximum atomic E-state index is 12.0. The van der Waals surface area contributed by atoms with Crippen LogP contribution in [0, 0.1) is 5.92 Å². The van der Waals surface area contributed by atoms with Gasteiger partial charge in [-0.05, 0) is 31.0 Å². The molecular formula is C14H21NO2. The molecule has 0 spiro atoms. The summed E-state index contributed by atoms with van der Waals surface area (Å²) in [5.74, 6) is 1.13. The van der Waals surface area contributed by atoms with E-state index in [1.165, 1.54) is 0 Å². The van der Waals surface area contributed by atoms with Gasteiger partial charge in [-0.15, -0.1) is 0 Å². The zero-order chi connectivity index (χ0) is 12.8. The molecule has 0 saturated carbocycles. The Morgan fingerprint density at radius 3 is 2.71 bits per heavy atom. The first-order valence-electron chi connectivity index (χ1n) is 6.03. The molecule has 3 nitrogen and oxygen atoms in total. The molecule has 1 rings (SSSR count). The molecule has 1 N–H and O–H groups in total. The third-order valence-corrected chi connectivity index (χ3v) is 3.19. The summed E-state index contributed by atoms with van der Waals surface area (Å²) in [4.78, 5) is 12.0. The average molecular weight is 235 g/mol. The third kappa shape index (κ3) is 3.77. The molecule has 1 aromatic rings. The molecule has 94 valence electrons. The highest BCUT2D eigenvalue weighted by Gasteiger charge is 2.14. The largest absolute Gasteiger partial charge is 0.497 e. The van der Waals surface area contributed by atoms with Gasteiger partial charge >= 0.3 is 0 Å². The number of carbonyl (C=O) groups excluding carboxylic acids is 1. The standard InChI is InChI=1S/C14H21NO2/c1-5-10(2)11(3)15-14(16)12-7-6-8-13(9-12)17-4/h6-11H,5H2,1-4H3,(H,15,16)/t10-,11+/m1/s1. The van der Waals surface area contributed by atoms with Gasteiger partial charge in [0.1, 0.15) is 5.75 Å². The molecule has 0 unspecified atom stereocenters. The van der Waals surface area contributed by atoms with E-state index in [9.17, 15) is 4.79 Å². The first-order valence-corrected chi connectivity index (χ1v) is 6.03. The van der Waals surface area contributed by atoms with Gasteiger partial charge in [0.05, 0.1) is 7.11 Å². The lowest BCUT2D eigenvalue weighted by Crippen LogP contribution is -2.36. The highest BCUT2D eigenvalue weighted by molar-refractivity contribution is 5.94. The quantitative estimate of drug-likeness (QED) is 0.852. The second kappa shape index (κ2) is 6.28. The van der Waals surface area contributed by atoms with E-state index in [-0.39, 0.29) is 11.9 Å². The molecule has 1 amide bonds. The summed E-state index contributed by atoms with van der Waals surface area (Å²) in [7, 11) is 1.60. The number of hydrogen-bond donors (Lipinski definition) is 1. The van der Waals surface area contributed by atoms with Crippen molar-refractivity contribution in [2.24, 2.45) is 5.92 Å². The van der Waals surface area contributed by atoms with E-state index in [0.29, 0.717) is 17.2 Å². The summed E-state index contributed by atoms with van der Waals surface area (Å²) in [5.41, 5.74) is 0.638. The second-order valence-corrected chi connectivity index (χ2v) is 4.38. The van der Waals surface area contributed by atoms with Crippen LogP contribution in [-0.4, -0.2) is 19.1 Å². The molecule has 2 atom stereocenters. The van der Waals surface area contributed by atoms with Gasteiger partial charge < -0.3 is 10.1 Å². The molecule has 0 fully saturated rings. The topological polar surface area (TPSA) is 38.3 Å². The van der Waals surface area contributed by atoms with Crippen LogP contribution in [0.4, 0.5) is 0 Å². The third-order valence-electron chi connectivity index (χ3n) is 3.19. The number of amides is 1. The van der Waals surface area contributed by atoms with Gasteiger partial charge in [-0.25, -0.2) is 0 Å². The molecule has 17 heavy (non-hydrogen) atoms. The predicted molar refractivity (Wildman–Crippen MR) is 69.4 cm³/mol. The minimum Gasteiger partial charge on any atom is -0.497 e. The van der Waals surface area contributed by atoms with Crippen LogP contribution in [0.1, 0.15) is 37.6 Å². The lowest BCUT2D eigenvalue weighted by molar-refractivity contribution is 0.0928. The fourth-order valence-electron chi connectivity index (χ4n) is 1.55. The Morgan fingerprint density at radius 2 is 2.12 bits per heavy atom. The van der Waals surface area contributed by atoms with Crippen molar-refractivity contribution in [3.05, 3.63) is 29.8 Å². The molecule has 0 aromatic heterocycles. The maximum Gasteiger partial charge on any atom is 0.251 e. The Labute approximate surface area is 103 Å².